The van der Waals surface area contributed by atoms with Crippen molar-refractivity contribution in [3.05, 3.63) is 30.1 Å². The molecular weight excluding hydrogens is 378 g/mol. The largest absolute Gasteiger partial charge is 0.323 e. The number of aromatic nitrogens is 3. The summed E-state index contributed by atoms with van der Waals surface area (Å²) in [5.74, 6) is 2.09. The molecule has 2 saturated heterocycles. The lowest BCUT2D eigenvalue weighted by atomic mass is 9.83. The number of anilines is 3. The molecule has 8 heteroatoms. The lowest BCUT2D eigenvalue weighted by Crippen LogP contribution is -2.35. The molecule has 2 aromatic heterocycles. The Bertz CT molecular complexity index is 999. The lowest BCUT2D eigenvalue weighted by Gasteiger charge is -2.22. The zero-order valence-electron chi connectivity index (χ0n) is 17.3. The van der Waals surface area contributed by atoms with Crippen molar-refractivity contribution in [3.63, 3.8) is 0 Å². The van der Waals surface area contributed by atoms with E-state index in [9.17, 15) is 10.1 Å². The van der Waals surface area contributed by atoms with E-state index in [1.807, 2.05) is 23.9 Å². The number of carbonyl (C=O) groups excluding carboxylic acids is 1. The first-order valence-corrected chi connectivity index (χ1v) is 10.8. The highest BCUT2D eigenvalue weighted by Gasteiger charge is 2.56. The van der Waals surface area contributed by atoms with Gasteiger partial charge in [-0.1, -0.05) is 0 Å². The number of nitriles is 1. The summed E-state index contributed by atoms with van der Waals surface area (Å²) in [5, 5.41) is 21.0. The van der Waals surface area contributed by atoms with Gasteiger partial charge in [-0.15, -0.1) is 0 Å². The SMILES string of the molecule is Cn1nc(Nc2cc(N3CC[C@@](C#N)(C4CC4)C3=O)ccn2)cc1C1CCNCC1. The van der Waals surface area contributed by atoms with E-state index < -0.39 is 5.41 Å². The summed E-state index contributed by atoms with van der Waals surface area (Å²) >= 11 is 0. The van der Waals surface area contributed by atoms with Crippen molar-refractivity contribution in [2.75, 3.05) is 29.9 Å². The number of amides is 1. The molecule has 3 fully saturated rings. The van der Waals surface area contributed by atoms with Crippen LogP contribution in [0.1, 0.15) is 43.7 Å². The molecule has 1 amide bonds. The molecule has 1 atom stereocenters. The average molecular weight is 406 g/mol. The van der Waals surface area contributed by atoms with Gasteiger partial charge in [0.15, 0.2) is 5.82 Å². The van der Waals surface area contributed by atoms with Gasteiger partial charge in [0, 0.05) is 49.2 Å². The predicted molar refractivity (Wildman–Crippen MR) is 113 cm³/mol. The molecule has 4 heterocycles. The first-order valence-electron chi connectivity index (χ1n) is 10.8. The Balaban J connectivity index is 1.34. The van der Waals surface area contributed by atoms with Crippen LogP contribution in [0, 0.1) is 22.7 Å². The summed E-state index contributed by atoms with van der Waals surface area (Å²) in [4.78, 5) is 19.2. The van der Waals surface area contributed by atoms with E-state index in [1.54, 1.807) is 11.1 Å². The van der Waals surface area contributed by atoms with E-state index in [1.165, 1.54) is 5.69 Å². The Labute approximate surface area is 176 Å². The van der Waals surface area contributed by atoms with Gasteiger partial charge in [0.1, 0.15) is 11.2 Å². The summed E-state index contributed by atoms with van der Waals surface area (Å²) in [6.07, 6.45) is 6.50. The highest BCUT2D eigenvalue weighted by Crippen LogP contribution is 2.51. The third-order valence-electron chi connectivity index (χ3n) is 6.82. The van der Waals surface area contributed by atoms with Crippen molar-refractivity contribution in [1.82, 2.24) is 20.1 Å². The molecule has 0 radical (unpaired) electrons. The fraction of sp³-hybridized carbons (Fsp3) is 0.545. The number of nitrogens with zero attached hydrogens (tertiary/aromatic N) is 5. The standard InChI is InChI=1S/C22H27N7O/c1-28-18(15-4-8-24-9-5-15)13-20(27-28)26-19-12-17(6-10-25-19)29-11-7-22(14-23,21(29)30)16-2-3-16/h6,10,12-13,15-16,24H,2-5,7-9,11H2,1H3,(H,25,26,27)/t22-/m1/s1. The second-order valence-electron chi connectivity index (χ2n) is 8.69. The van der Waals surface area contributed by atoms with E-state index >= 15 is 0 Å². The van der Waals surface area contributed by atoms with Crippen molar-refractivity contribution in [1.29, 1.82) is 5.26 Å². The molecule has 0 spiro atoms. The van der Waals surface area contributed by atoms with Crippen LogP contribution in [0.4, 0.5) is 17.3 Å². The van der Waals surface area contributed by atoms with E-state index in [2.05, 4.69) is 32.9 Å². The maximum Gasteiger partial charge on any atom is 0.247 e. The molecule has 8 nitrogen and oxygen atoms in total. The molecule has 1 aliphatic carbocycles. The topological polar surface area (TPSA) is 98.9 Å². The minimum atomic E-state index is -0.832. The van der Waals surface area contributed by atoms with Gasteiger partial charge in [0.2, 0.25) is 5.91 Å². The van der Waals surface area contributed by atoms with Gasteiger partial charge >= 0.3 is 0 Å². The number of aryl methyl sites for hydroxylation is 1. The van der Waals surface area contributed by atoms with Crippen molar-refractivity contribution < 1.29 is 4.79 Å². The number of hydrogen-bond donors (Lipinski definition) is 2. The van der Waals surface area contributed by atoms with E-state index in [4.69, 9.17) is 0 Å². The number of piperidine rings is 1. The van der Waals surface area contributed by atoms with Crippen molar-refractivity contribution in [3.8, 4) is 6.07 Å². The van der Waals surface area contributed by atoms with Crippen LogP contribution in [0.2, 0.25) is 0 Å². The fourth-order valence-corrected chi connectivity index (χ4v) is 4.96. The third-order valence-corrected chi connectivity index (χ3v) is 6.82. The van der Waals surface area contributed by atoms with Crippen LogP contribution >= 0.6 is 0 Å². The number of carbonyl (C=O) groups is 1. The molecule has 0 bridgehead atoms. The Morgan fingerprint density at radius 2 is 2.03 bits per heavy atom. The Hall–Kier alpha value is -2.92. The molecule has 2 aromatic rings. The first kappa shape index (κ1) is 19.1. The molecule has 1 saturated carbocycles. The van der Waals surface area contributed by atoms with Crippen LogP contribution in [0.3, 0.4) is 0 Å². The summed E-state index contributed by atoms with van der Waals surface area (Å²) < 4.78 is 1.95. The van der Waals surface area contributed by atoms with Crippen LogP contribution in [0.5, 0.6) is 0 Å². The Kier molecular flexibility index (Phi) is 4.70. The van der Waals surface area contributed by atoms with Gasteiger partial charge in [0.05, 0.1) is 6.07 Å². The molecule has 30 heavy (non-hydrogen) atoms. The number of rotatable bonds is 5. The van der Waals surface area contributed by atoms with E-state index in [-0.39, 0.29) is 11.8 Å². The van der Waals surface area contributed by atoms with Crippen molar-refractivity contribution in [2.45, 2.75) is 38.0 Å². The minimum absolute atomic E-state index is 0.0596. The zero-order valence-corrected chi connectivity index (χ0v) is 17.3. The quantitative estimate of drug-likeness (QED) is 0.794. The minimum Gasteiger partial charge on any atom is -0.323 e. The van der Waals surface area contributed by atoms with Gasteiger partial charge in [-0.3, -0.25) is 9.48 Å². The van der Waals surface area contributed by atoms with E-state index in [0.29, 0.717) is 24.7 Å². The summed E-state index contributed by atoms with van der Waals surface area (Å²) in [6, 6.07) is 8.15. The fourth-order valence-electron chi connectivity index (χ4n) is 4.96. The molecule has 2 N–H and O–H groups in total. The number of nitrogens with one attached hydrogen (secondary N) is 2. The highest BCUT2D eigenvalue weighted by molar-refractivity contribution is 6.02. The second kappa shape index (κ2) is 7.40. The molecule has 5 rings (SSSR count). The Morgan fingerprint density at radius 3 is 2.77 bits per heavy atom. The van der Waals surface area contributed by atoms with Crippen LogP contribution in [-0.4, -0.2) is 40.3 Å². The first-order chi connectivity index (χ1) is 14.6. The van der Waals surface area contributed by atoms with Gasteiger partial charge in [-0.25, -0.2) is 4.98 Å². The van der Waals surface area contributed by atoms with Gasteiger partial charge in [-0.2, -0.15) is 10.4 Å². The van der Waals surface area contributed by atoms with Crippen LogP contribution < -0.4 is 15.5 Å². The average Bonchev–Trinajstić information content (AvgIpc) is 3.48. The number of pyridine rings is 1. The summed E-state index contributed by atoms with van der Waals surface area (Å²) in [7, 11) is 1.98. The Morgan fingerprint density at radius 1 is 1.23 bits per heavy atom. The van der Waals surface area contributed by atoms with Crippen LogP contribution in [-0.2, 0) is 11.8 Å². The molecule has 3 aliphatic rings. The zero-order chi connectivity index (χ0) is 20.7. The van der Waals surface area contributed by atoms with Gasteiger partial charge in [0.25, 0.3) is 0 Å². The van der Waals surface area contributed by atoms with Gasteiger partial charge in [-0.05, 0) is 57.2 Å². The molecular formula is C22H27N7O. The summed E-state index contributed by atoms with van der Waals surface area (Å²) in [6.45, 7) is 2.66. The third kappa shape index (κ3) is 3.23. The monoisotopic (exact) mass is 405 g/mol. The smallest absolute Gasteiger partial charge is 0.247 e. The highest BCUT2D eigenvalue weighted by atomic mass is 16.2. The van der Waals surface area contributed by atoms with Crippen molar-refractivity contribution in [2.24, 2.45) is 18.4 Å². The molecule has 2 aliphatic heterocycles. The van der Waals surface area contributed by atoms with Crippen LogP contribution in [0.15, 0.2) is 24.4 Å². The van der Waals surface area contributed by atoms with Crippen LogP contribution in [0.25, 0.3) is 0 Å². The summed E-state index contributed by atoms with van der Waals surface area (Å²) in [5.41, 5.74) is 1.18. The van der Waals surface area contributed by atoms with Crippen molar-refractivity contribution >= 4 is 23.2 Å². The molecule has 0 unspecified atom stereocenters. The van der Waals surface area contributed by atoms with Gasteiger partial charge < -0.3 is 15.5 Å². The normalized spacial score (nSPS) is 24.8. The van der Waals surface area contributed by atoms with E-state index in [0.717, 1.165) is 50.3 Å². The maximum atomic E-state index is 13.1. The number of hydrogen-bond acceptors (Lipinski definition) is 6. The lowest BCUT2D eigenvalue weighted by molar-refractivity contribution is -0.123. The molecule has 0 aromatic carbocycles. The predicted octanol–water partition coefficient (Wildman–Crippen LogP) is 2.68. The second-order valence-corrected chi connectivity index (χ2v) is 8.69. The molecule has 156 valence electrons. The maximum absolute atomic E-state index is 13.1.